The second kappa shape index (κ2) is 4.84. The van der Waals surface area contributed by atoms with Gasteiger partial charge in [0.1, 0.15) is 0 Å². The lowest BCUT2D eigenvalue weighted by Gasteiger charge is -2.23. The van der Waals surface area contributed by atoms with Crippen LogP contribution >= 0.6 is 12.2 Å². The lowest BCUT2D eigenvalue weighted by atomic mass is 9.92. The summed E-state index contributed by atoms with van der Waals surface area (Å²) in [5.41, 5.74) is 7.61. The summed E-state index contributed by atoms with van der Waals surface area (Å²) in [6.45, 7) is 7.35. The Balaban J connectivity index is 3.00. The van der Waals surface area contributed by atoms with Crippen molar-refractivity contribution in [2.45, 2.75) is 27.7 Å². The van der Waals surface area contributed by atoms with Crippen molar-refractivity contribution in [1.82, 2.24) is 0 Å². The fraction of sp³-hybridized carbons (Fsp3) is 0.385. The van der Waals surface area contributed by atoms with Gasteiger partial charge in [-0.25, -0.2) is 0 Å². The maximum absolute atomic E-state index is 12.1. The first kappa shape index (κ1) is 13.6. The largest absolute Gasteiger partial charge is 0.392 e. The molecule has 0 aliphatic carbocycles. The molecule has 0 atom stereocenters. The van der Waals surface area contributed by atoms with Gasteiger partial charge in [-0.2, -0.15) is 0 Å². The Morgan fingerprint density at radius 1 is 1.29 bits per heavy atom. The quantitative estimate of drug-likeness (QED) is 0.811. The summed E-state index contributed by atoms with van der Waals surface area (Å²) in [6, 6.07) is 5.87. The third-order valence-electron chi connectivity index (χ3n) is 2.90. The van der Waals surface area contributed by atoms with Crippen molar-refractivity contribution in [2.75, 3.05) is 5.32 Å². The number of nitrogens with one attached hydrogen (secondary N) is 1. The highest BCUT2D eigenvalue weighted by atomic mass is 32.1. The summed E-state index contributed by atoms with van der Waals surface area (Å²) >= 11 is 4.91. The van der Waals surface area contributed by atoms with Crippen molar-refractivity contribution in [2.24, 2.45) is 11.1 Å². The molecule has 0 heterocycles. The van der Waals surface area contributed by atoms with Gasteiger partial charge in [0.25, 0.3) is 0 Å². The lowest BCUT2D eigenvalue weighted by molar-refractivity contribution is -0.121. The Hall–Kier alpha value is -1.42. The molecule has 0 saturated heterocycles. The van der Waals surface area contributed by atoms with Crippen LogP contribution in [0.4, 0.5) is 5.69 Å². The van der Waals surface area contributed by atoms with Gasteiger partial charge < -0.3 is 11.1 Å². The van der Waals surface area contributed by atoms with Crippen molar-refractivity contribution in [3.8, 4) is 0 Å². The monoisotopic (exact) mass is 250 g/mol. The SMILES string of the molecule is Cc1cccc(C)c1NC(=O)C(C)(C)C(N)=S. The molecule has 0 aromatic heterocycles. The summed E-state index contributed by atoms with van der Waals surface area (Å²) in [5, 5.41) is 2.89. The molecule has 0 aliphatic heterocycles. The van der Waals surface area contributed by atoms with E-state index in [1.165, 1.54) is 0 Å². The highest BCUT2D eigenvalue weighted by Crippen LogP contribution is 2.23. The smallest absolute Gasteiger partial charge is 0.236 e. The molecular formula is C13H18N2OS. The highest BCUT2D eigenvalue weighted by molar-refractivity contribution is 7.80. The van der Waals surface area contributed by atoms with Gasteiger partial charge in [-0.15, -0.1) is 0 Å². The summed E-state index contributed by atoms with van der Waals surface area (Å²) in [7, 11) is 0. The first-order valence-electron chi connectivity index (χ1n) is 5.44. The van der Waals surface area contributed by atoms with Gasteiger partial charge in [0.2, 0.25) is 5.91 Å². The number of benzene rings is 1. The fourth-order valence-corrected chi connectivity index (χ4v) is 1.49. The number of nitrogens with two attached hydrogens (primary N) is 1. The van der Waals surface area contributed by atoms with Crippen LogP contribution in [0.2, 0.25) is 0 Å². The number of hydrogen-bond donors (Lipinski definition) is 2. The Bertz CT molecular complexity index is 446. The molecule has 4 heteroatoms. The molecule has 0 spiro atoms. The van der Waals surface area contributed by atoms with Gasteiger partial charge in [0, 0.05) is 5.69 Å². The molecule has 1 rings (SSSR count). The molecule has 1 aromatic carbocycles. The third kappa shape index (κ3) is 2.82. The number of rotatable bonds is 3. The van der Waals surface area contributed by atoms with Crippen molar-refractivity contribution < 1.29 is 4.79 Å². The van der Waals surface area contributed by atoms with Gasteiger partial charge in [-0.3, -0.25) is 4.79 Å². The van der Waals surface area contributed by atoms with Gasteiger partial charge in [0.05, 0.1) is 10.4 Å². The second-order valence-electron chi connectivity index (χ2n) is 4.71. The van der Waals surface area contributed by atoms with Crippen molar-refractivity contribution >= 4 is 28.8 Å². The Morgan fingerprint density at radius 3 is 2.18 bits per heavy atom. The molecule has 1 aromatic rings. The molecule has 0 fully saturated rings. The van der Waals surface area contributed by atoms with E-state index in [9.17, 15) is 4.79 Å². The standard InChI is InChI=1S/C13H18N2OS/c1-8-6-5-7-9(2)10(8)15-12(16)13(3,4)11(14)17/h5-7H,1-4H3,(H2,14,17)(H,15,16). The van der Waals surface area contributed by atoms with Crippen LogP contribution in [-0.2, 0) is 4.79 Å². The van der Waals surface area contributed by atoms with Crippen LogP contribution in [0.15, 0.2) is 18.2 Å². The second-order valence-corrected chi connectivity index (χ2v) is 5.15. The van der Waals surface area contributed by atoms with Crippen molar-refractivity contribution in [1.29, 1.82) is 0 Å². The van der Waals surface area contributed by atoms with E-state index in [4.69, 9.17) is 18.0 Å². The van der Waals surface area contributed by atoms with Crippen LogP contribution in [0.3, 0.4) is 0 Å². The van der Waals surface area contributed by atoms with Crippen LogP contribution in [-0.4, -0.2) is 10.9 Å². The van der Waals surface area contributed by atoms with E-state index in [0.29, 0.717) is 0 Å². The normalized spacial score (nSPS) is 11.1. The maximum atomic E-state index is 12.1. The Labute approximate surface area is 107 Å². The average molecular weight is 250 g/mol. The number of para-hydroxylation sites is 1. The number of hydrogen-bond acceptors (Lipinski definition) is 2. The minimum Gasteiger partial charge on any atom is -0.392 e. The molecule has 92 valence electrons. The zero-order chi connectivity index (χ0) is 13.2. The van der Waals surface area contributed by atoms with E-state index < -0.39 is 5.41 Å². The van der Waals surface area contributed by atoms with Crippen LogP contribution in [0.5, 0.6) is 0 Å². The summed E-state index contributed by atoms with van der Waals surface area (Å²) in [4.78, 5) is 12.3. The number of thiocarbonyl (C=S) groups is 1. The predicted octanol–water partition coefficient (Wildman–Crippen LogP) is 2.55. The molecule has 0 aliphatic rings. The predicted molar refractivity (Wildman–Crippen MR) is 75.1 cm³/mol. The van der Waals surface area contributed by atoms with E-state index in [1.54, 1.807) is 13.8 Å². The molecule has 0 radical (unpaired) electrons. The molecule has 17 heavy (non-hydrogen) atoms. The number of amides is 1. The zero-order valence-corrected chi connectivity index (χ0v) is 11.4. The van der Waals surface area contributed by atoms with E-state index in [1.807, 2.05) is 32.0 Å². The van der Waals surface area contributed by atoms with Gasteiger partial charge in [-0.1, -0.05) is 30.4 Å². The van der Waals surface area contributed by atoms with E-state index in [-0.39, 0.29) is 10.9 Å². The van der Waals surface area contributed by atoms with Crippen molar-refractivity contribution in [3.05, 3.63) is 29.3 Å². The molecule has 3 N–H and O–H groups in total. The number of aryl methyl sites for hydroxylation is 2. The molecule has 3 nitrogen and oxygen atoms in total. The first-order chi connectivity index (χ1) is 7.76. The van der Waals surface area contributed by atoms with Gasteiger partial charge in [-0.05, 0) is 38.8 Å². The third-order valence-corrected chi connectivity index (χ3v) is 3.41. The van der Waals surface area contributed by atoms with Crippen LogP contribution in [0.1, 0.15) is 25.0 Å². The summed E-state index contributed by atoms with van der Waals surface area (Å²) in [6.07, 6.45) is 0. The molecule has 0 unspecified atom stereocenters. The molecule has 0 bridgehead atoms. The van der Waals surface area contributed by atoms with Gasteiger partial charge >= 0.3 is 0 Å². The Kier molecular flexibility index (Phi) is 3.88. The fourth-order valence-electron chi connectivity index (χ4n) is 1.39. The minimum atomic E-state index is -0.843. The molecular weight excluding hydrogens is 232 g/mol. The number of carbonyl (C=O) groups excluding carboxylic acids is 1. The lowest BCUT2D eigenvalue weighted by Crippen LogP contribution is -2.41. The van der Waals surface area contributed by atoms with Crippen molar-refractivity contribution in [3.63, 3.8) is 0 Å². The Morgan fingerprint density at radius 2 is 1.76 bits per heavy atom. The van der Waals surface area contributed by atoms with E-state index in [2.05, 4.69) is 5.32 Å². The summed E-state index contributed by atoms with van der Waals surface area (Å²) < 4.78 is 0. The zero-order valence-electron chi connectivity index (χ0n) is 10.6. The molecule has 0 saturated carbocycles. The van der Waals surface area contributed by atoms with Crippen LogP contribution < -0.4 is 11.1 Å². The van der Waals surface area contributed by atoms with E-state index >= 15 is 0 Å². The summed E-state index contributed by atoms with van der Waals surface area (Å²) in [5.74, 6) is -0.178. The number of carbonyl (C=O) groups is 1. The number of anilines is 1. The maximum Gasteiger partial charge on any atom is 0.236 e. The van der Waals surface area contributed by atoms with Crippen LogP contribution in [0.25, 0.3) is 0 Å². The topological polar surface area (TPSA) is 55.1 Å². The van der Waals surface area contributed by atoms with E-state index in [0.717, 1.165) is 16.8 Å². The average Bonchev–Trinajstić information content (AvgIpc) is 2.23. The van der Waals surface area contributed by atoms with Crippen LogP contribution in [0, 0.1) is 19.3 Å². The minimum absolute atomic E-state index is 0.178. The molecule has 1 amide bonds. The van der Waals surface area contributed by atoms with Gasteiger partial charge in [0.15, 0.2) is 0 Å². The highest BCUT2D eigenvalue weighted by Gasteiger charge is 2.31. The first-order valence-corrected chi connectivity index (χ1v) is 5.85.